The van der Waals surface area contributed by atoms with E-state index in [9.17, 15) is 5.11 Å². The number of methoxy groups -OCH3 is 1. The molecule has 0 spiro atoms. The Bertz CT molecular complexity index is 357. The first-order valence-electron chi connectivity index (χ1n) is 5.83. The van der Waals surface area contributed by atoms with Crippen molar-refractivity contribution in [2.24, 2.45) is 0 Å². The van der Waals surface area contributed by atoms with E-state index >= 15 is 0 Å². The summed E-state index contributed by atoms with van der Waals surface area (Å²) in [4.78, 5) is 0. The molecule has 0 fully saturated rings. The molecule has 1 rings (SSSR count). The van der Waals surface area contributed by atoms with E-state index in [0.717, 1.165) is 16.6 Å². The van der Waals surface area contributed by atoms with Gasteiger partial charge >= 0.3 is 0 Å². The molecule has 3 nitrogen and oxygen atoms in total. The average Bonchev–Trinajstić information content (AvgIpc) is 2.35. The Morgan fingerprint density at radius 2 is 2.18 bits per heavy atom. The van der Waals surface area contributed by atoms with Gasteiger partial charge in [0.05, 0.1) is 17.7 Å². The molecule has 4 heteroatoms. The minimum Gasteiger partial charge on any atom is -0.496 e. The van der Waals surface area contributed by atoms with Crippen LogP contribution in [0.3, 0.4) is 0 Å². The third-order valence-corrected chi connectivity index (χ3v) is 3.43. The molecule has 0 aliphatic carbocycles. The van der Waals surface area contributed by atoms with E-state index in [1.807, 2.05) is 25.1 Å². The molecule has 0 saturated carbocycles. The number of hydrogen-bond donors (Lipinski definition) is 2. The van der Waals surface area contributed by atoms with E-state index in [0.29, 0.717) is 6.54 Å². The number of aliphatic hydroxyl groups is 1. The molecule has 0 aliphatic rings. The van der Waals surface area contributed by atoms with Crippen molar-refractivity contribution >= 4 is 15.9 Å². The molecule has 0 bridgehead atoms. The van der Waals surface area contributed by atoms with Crippen LogP contribution in [0.4, 0.5) is 0 Å². The van der Waals surface area contributed by atoms with Gasteiger partial charge in [0.15, 0.2) is 0 Å². The lowest BCUT2D eigenvalue weighted by atomic mass is 10.1. The predicted molar refractivity (Wildman–Crippen MR) is 73.4 cm³/mol. The number of ether oxygens (including phenoxy) is 1. The lowest BCUT2D eigenvalue weighted by Gasteiger charge is -2.17. The van der Waals surface area contributed by atoms with Crippen LogP contribution in [0.2, 0.25) is 0 Å². The number of aliphatic hydroxyl groups excluding tert-OH is 1. The Morgan fingerprint density at radius 1 is 1.47 bits per heavy atom. The number of hydrogen-bond acceptors (Lipinski definition) is 3. The lowest BCUT2D eigenvalue weighted by Crippen LogP contribution is -2.28. The molecule has 0 radical (unpaired) electrons. The molecular weight excluding hydrogens is 282 g/mol. The highest BCUT2D eigenvalue weighted by atomic mass is 79.9. The average molecular weight is 302 g/mol. The summed E-state index contributed by atoms with van der Waals surface area (Å²) < 4.78 is 6.13. The molecule has 1 aromatic rings. The van der Waals surface area contributed by atoms with Crippen molar-refractivity contribution in [3.05, 3.63) is 28.2 Å². The van der Waals surface area contributed by atoms with Crippen LogP contribution in [0.1, 0.15) is 31.9 Å². The van der Waals surface area contributed by atoms with Crippen LogP contribution in [0.25, 0.3) is 0 Å². The Hall–Kier alpha value is -0.580. The van der Waals surface area contributed by atoms with Crippen molar-refractivity contribution in [1.29, 1.82) is 0 Å². The van der Waals surface area contributed by atoms with Gasteiger partial charge in [0.25, 0.3) is 0 Å². The quantitative estimate of drug-likeness (QED) is 0.849. The van der Waals surface area contributed by atoms with Crippen LogP contribution in [-0.4, -0.2) is 24.9 Å². The highest BCUT2D eigenvalue weighted by Gasteiger charge is 2.09. The van der Waals surface area contributed by atoms with E-state index in [2.05, 4.69) is 28.2 Å². The zero-order valence-electron chi connectivity index (χ0n) is 10.5. The fourth-order valence-corrected chi connectivity index (χ4v) is 2.09. The van der Waals surface area contributed by atoms with Gasteiger partial charge in [-0.05, 0) is 47.0 Å². The molecule has 0 aromatic heterocycles. The molecule has 2 atom stereocenters. The zero-order valence-corrected chi connectivity index (χ0v) is 12.1. The second kappa shape index (κ2) is 6.99. The number of benzene rings is 1. The van der Waals surface area contributed by atoms with Gasteiger partial charge in [0.1, 0.15) is 5.75 Å². The summed E-state index contributed by atoms with van der Waals surface area (Å²) in [6.07, 6.45) is 0.491. The number of rotatable bonds is 6. The van der Waals surface area contributed by atoms with Gasteiger partial charge in [-0.25, -0.2) is 0 Å². The summed E-state index contributed by atoms with van der Waals surface area (Å²) in [5.74, 6) is 0.828. The van der Waals surface area contributed by atoms with Gasteiger partial charge in [-0.15, -0.1) is 0 Å². The van der Waals surface area contributed by atoms with Crippen molar-refractivity contribution in [1.82, 2.24) is 5.32 Å². The first-order chi connectivity index (χ1) is 8.08. The maximum Gasteiger partial charge on any atom is 0.133 e. The van der Waals surface area contributed by atoms with Crippen LogP contribution in [-0.2, 0) is 0 Å². The normalized spacial score (nSPS) is 14.4. The van der Waals surface area contributed by atoms with Gasteiger partial charge in [0, 0.05) is 12.6 Å². The fraction of sp³-hybridized carbons (Fsp3) is 0.538. The molecule has 17 heavy (non-hydrogen) atoms. The van der Waals surface area contributed by atoms with E-state index < -0.39 is 0 Å². The highest BCUT2D eigenvalue weighted by Crippen LogP contribution is 2.27. The lowest BCUT2D eigenvalue weighted by molar-refractivity contribution is 0.164. The van der Waals surface area contributed by atoms with Crippen LogP contribution in [0, 0.1) is 0 Å². The maximum atomic E-state index is 9.50. The minimum atomic E-state index is -0.279. The molecule has 2 unspecified atom stereocenters. The molecule has 0 saturated heterocycles. The summed E-state index contributed by atoms with van der Waals surface area (Å²) in [5, 5.41) is 12.8. The van der Waals surface area contributed by atoms with Crippen LogP contribution >= 0.6 is 15.9 Å². The van der Waals surface area contributed by atoms with Gasteiger partial charge in [0.2, 0.25) is 0 Å². The van der Waals surface area contributed by atoms with E-state index in [-0.39, 0.29) is 12.1 Å². The van der Waals surface area contributed by atoms with Crippen LogP contribution in [0.5, 0.6) is 5.75 Å². The summed E-state index contributed by atoms with van der Waals surface area (Å²) in [5.41, 5.74) is 1.17. The van der Waals surface area contributed by atoms with Gasteiger partial charge in [-0.3, -0.25) is 0 Å². The van der Waals surface area contributed by atoms with E-state index in [1.54, 1.807) is 7.11 Å². The Kier molecular flexibility index (Phi) is 5.95. The van der Waals surface area contributed by atoms with Gasteiger partial charge in [-0.1, -0.05) is 13.0 Å². The second-order valence-electron chi connectivity index (χ2n) is 4.09. The first-order valence-corrected chi connectivity index (χ1v) is 6.62. The van der Waals surface area contributed by atoms with Gasteiger partial charge < -0.3 is 15.2 Å². The van der Waals surface area contributed by atoms with Crippen molar-refractivity contribution in [2.75, 3.05) is 13.7 Å². The third-order valence-electron chi connectivity index (χ3n) is 2.81. The molecular formula is C13H20BrNO2. The number of halogens is 1. The number of nitrogens with one attached hydrogen (secondary N) is 1. The van der Waals surface area contributed by atoms with Gasteiger partial charge in [-0.2, -0.15) is 0 Å². The SMILES string of the molecule is CCC(O)CNC(C)c1ccc(OC)c(Br)c1. The van der Waals surface area contributed by atoms with Crippen molar-refractivity contribution in [3.63, 3.8) is 0 Å². The molecule has 0 aliphatic heterocycles. The first kappa shape index (κ1) is 14.5. The smallest absolute Gasteiger partial charge is 0.133 e. The maximum absolute atomic E-state index is 9.50. The van der Waals surface area contributed by atoms with E-state index in [1.165, 1.54) is 5.56 Å². The molecule has 96 valence electrons. The largest absolute Gasteiger partial charge is 0.496 e. The summed E-state index contributed by atoms with van der Waals surface area (Å²) in [6.45, 7) is 4.67. The fourth-order valence-electron chi connectivity index (χ4n) is 1.53. The van der Waals surface area contributed by atoms with Crippen molar-refractivity contribution in [3.8, 4) is 5.75 Å². The third kappa shape index (κ3) is 4.30. The van der Waals surface area contributed by atoms with Crippen LogP contribution < -0.4 is 10.1 Å². The summed E-state index contributed by atoms with van der Waals surface area (Å²) >= 11 is 3.47. The predicted octanol–water partition coefficient (Wildman–Crippen LogP) is 2.88. The van der Waals surface area contributed by atoms with E-state index in [4.69, 9.17) is 4.74 Å². The standard InChI is InChI=1S/C13H20BrNO2/c1-4-11(16)8-15-9(2)10-5-6-13(17-3)12(14)7-10/h5-7,9,11,15-16H,4,8H2,1-3H3. The summed E-state index contributed by atoms with van der Waals surface area (Å²) in [6, 6.07) is 6.21. The zero-order chi connectivity index (χ0) is 12.8. The second-order valence-corrected chi connectivity index (χ2v) is 4.94. The minimum absolute atomic E-state index is 0.207. The monoisotopic (exact) mass is 301 g/mol. The topological polar surface area (TPSA) is 41.5 Å². The Labute approximate surface area is 111 Å². The summed E-state index contributed by atoms with van der Waals surface area (Å²) in [7, 11) is 1.65. The van der Waals surface area contributed by atoms with Crippen LogP contribution in [0.15, 0.2) is 22.7 Å². The Balaban J connectivity index is 2.63. The molecule has 2 N–H and O–H groups in total. The molecule has 1 aromatic carbocycles. The highest BCUT2D eigenvalue weighted by molar-refractivity contribution is 9.10. The van der Waals surface area contributed by atoms with Crippen molar-refractivity contribution < 1.29 is 9.84 Å². The van der Waals surface area contributed by atoms with Crippen molar-refractivity contribution in [2.45, 2.75) is 32.4 Å². The molecule has 0 heterocycles. The molecule has 0 amide bonds. The Morgan fingerprint density at radius 3 is 2.71 bits per heavy atom.